The van der Waals surface area contributed by atoms with Gasteiger partial charge in [-0.2, -0.15) is 0 Å². The predicted octanol–water partition coefficient (Wildman–Crippen LogP) is 0.391. The molecular weight excluding hydrogens is 378 g/mol. The molecule has 0 N–H and O–H groups in total. The first-order valence-corrected chi connectivity index (χ1v) is 12.0. The number of ether oxygens (including phenoxy) is 1. The van der Waals surface area contributed by atoms with Crippen LogP contribution in [0.1, 0.15) is 18.0 Å². The second kappa shape index (κ2) is 8.49. The van der Waals surface area contributed by atoms with E-state index in [1.165, 1.54) is 0 Å². The number of benzene rings is 1. The van der Waals surface area contributed by atoms with Gasteiger partial charge in [-0.05, 0) is 12.0 Å². The summed E-state index contributed by atoms with van der Waals surface area (Å²) in [6.45, 7) is 5.62. The first-order valence-electron chi connectivity index (χ1n) is 10.1. The first-order chi connectivity index (χ1) is 13.5. The lowest BCUT2D eigenvalue weighted by atomic mass is 10.0. The van der Waals surface area contributed by atoms with Crippen LogP contribution >= 0.6 is 0 Å². The van der Waals surface area contributed by atoms with Crippen LogP contribution in [0, 0.1) is 0 Å². The minimum Gasteiger partial charge on any atom is -0.378 e. The zero-order chi connectivity index (χ0) is 19.6. The Bertz CT molecular complexity index is 772. The lowest BCUT2D eigenvalue weighted by molar-refractivity contribution is -0.142. The second-order valence-electron chi connectivity index (χ2n) is 7.88. The number of piperazine rings is 1. The van der Waals surface area contributed by atoms with Crippen LogP contribution in [0.25, 0.3) is 0 Å². The first kappa shape index (κ1) is 19.8. The van der Waals surface area contributed by atoms with Crippen LogP contribution in [0.3, 0.4) is 0 Å². The Morgan fingerprint density at radius 1 is 1.00 bits per heavy atom. The summed E-state index contributed by atoms with van der Waals surface area (Å²) in [5.41, 5.74) is 1.02. The topological polar surface area (TPSA) is 70.2 Å². The molecular formula is C20H29N3O4S. The smallest absolute Gasteiger partial charge is 0.244 e. The Kier molecular flexibility index (Phi) is 6.01. The number of carbonyl (C=O) groups excluding carboxylic acids is 1. The van der Waals surface area contributed by atoms with E-state index >= 15 is 0 Å². The van der Waals surface area contributed by atoms with Gasteiger partial charge in [-0.1, -0.05) is 30.3 Å². The molecule has 2 unspecified atom stereocenters. The number of morpholine rings is 1. The molecule has 2 atom stereocenters. The van der Waals surface area contributed by atoms with Crippen molar-refractivity contribution in [3.63, 3.8) is 0 Å². The highest BCUT2D eigenvalue weighted by molar-refractivity contribution is 7.91. The van der Waals surface area contributed by atoms with Gasteiger partial charge in [0.1, 0.15) is 6.04 Å². The van der Waals surface area contributed by atoms with E-state index in [9.17, 15) is 13.2 Å². The van der Waals surface area contributed by atoms with Crippen molar-refractivity contribution < 1.29 is 17.9 Å². The molecule has 0 aliphatic carbocycles. The van der Waals surface area contributed by atoms with Crippen LogP contribution in [0.5, 0.6) is 0 Å². The fraction of sp³-hybridized carbons (Fsp3) is 0.650. The summed E-state index contributed by atoms with van der Waals surface area (Å²) in [7, 11) is -2.87. The Morgan fingerprint density at radius 3 is 2.29 bits per heavy atom. The molecule has 154 valence electrons. The third kappa shape index (κ3) is 4.40. The molecule has 3 aliphatic heterocycles. The molecule has 3 aliphatic rings. The van der Waals surface area contributed by atoms with Gasteiger partial charge in [0.2, 0.25) is 5.91 Å². The molecule has 3 saturated heterocycles. The molecule has 8 heteroatoms. The minimum absolute atomic E-state index is 0.136. The van der Waals surface area contributed by atoms with Gasteiger partial charge in [0.15, 0.2) is 9.84 Å². The lowest BCUT2D eigenvalue weighted by Crippen LogP contribution is -2.55. The minimum atomic E-state index is -2.87. The van der Waals surface area contributed by atoms with Crippen LogP contribution in [0.4, 0.5) is 0 Å². The van der Waals surface area contributed by atoms with Gasteiger partial charge in [0.25, 0.3) is 0 Å². The molecule has 0 bridgehead atoms. The normalized spacial score (nSPS) is 27.6. The predicted molar refractivity (Wildman–Crippen MR) is 107 cm³/mol. The molecule has 1 aromatic carbocycles. The van der Waals surface area contributed by atoms with Crippen molar-refractivity contribution in [3.05, 3.63) is 35.9 Å². The van der Waals surface area contributed by atoms with Crippen LogP contribution < -0.4 is 0 Å². The van der Waals surface area contributed by atoms with E-state index in [2.05, 4.69) is 9.80 Å². The number of sulfone groups is 1. The maximum atomic E-state index is 13.4. The van der Waals surface area contributed by atoms with Gasteiger partial charge in [0.05, 0.1) is 24.7 Å². The fourth-order valence-electron chi connectivity index (χ4n) is 4.53. The summed E-state index contributed by atoms with van der Waals surface area (Å²) >= 11 is 0. The number of amides is 1. The Morgan fingerprint density at radius 2 is 1.68 bits per heavy atom. The summed E-state index contributed by atoms with van der Waals surface area (Å²) in [5, 5.41) is 0. The number of nitrogens with zero attached hydrogens (tertiary/aromatic N) is 3. The van der Waals surface area contributed by atoms with E-state index in [-0.39, 0.29) is 23.7 Å². The lowest BCUT2D eigenvalue weighted by Gasteiger charge is -2.42. The number of rotatable bonds is 4. The quantitative estimate of drug-likeness (QED) is 0.719. The van der Waals surface area contributed by atoms with E-state index in [1.807, 2.05) is 35.2 Å². The maximum Gasteiger partial charge on any atom is 0.244 e. The largest absolute Gasteiger partial charge is 0.378 e. The summed E-state index contributed by atoms with van der Waals surface area (Å²) in [6, 6.07) is 9.84. The van der Waals surface area contributed by atoms with Gasteiger partial charge in [-0.15, -0.1) is 0 Å². The van der Waals surface area contributed by atoms with Crippen molar-refractivity contribution in [2.75, 3.05) is 64.0 Å². The number of hydrogen-bond acceptors (Lipinski definition) is 6. The van der Waals surface area contributed by atoms with E-state index in [1.54, 1.807) is 0 Å². The van der Waals surface area contributed by atoms with Gasteiger partial charge < -0.3 is 9.64 Å². The van der Waals surface area contributed by atoms with Gasteiger partial charge >= 0.3 is 0 Å². The van der Waals surface area contributed by atoms with E-state index in [4.69, 9.17) is 4.74 Å². The highest BCUT2D eigenvalue weighted by atomic mass is 32.2. The SMILES string of the molecule is O=C(C(c1ccccc1)N1CCN(C2CCS(=O)(=O)C2)CC1)N1CCOCC1. The number of carbonyl (C=O) groups is 1. The Balaban J connectivity index is 1.46. The Hall–Kier alpha value is -1.48. The molecule has 4 rings (SSSR count). The van der Waals surface area contributed by atoms with Crippen LogP contribution in [-0.2, 0) is 19.4 Å². The molecule has 0 radical (unpaired) electrons. The van der Waals surface area contributed by atoms with Crippen molar-refractivity contribution in [2.24, 2.45) is 0 Å². The summed E-state index contributed by atoms with van der Waals surface area (Å²) in [5.74, 6) is 0.730. The highest BCUT2D eigenvalue weighted by Gasteiger charge is 2.37. The number of hydrogen-bond donors (Lipinski definition) is 0. The van der Waals surface area contributed by atoms with Gasteiger partial charge in [0, 0.05) is 45.3 Å². The molecule has 3 heterocycles. The van der Waals surface area contributed by atoms with Crippen molar-refractivity contribution in [1.29, 1.82) is 0 Å². The van der Waals surface area contributed by atoms with Crippen LogP contribution in [0.15, 0.2) is 30.3 Å². The molecule has 3 fully saturated rings. The average Bonchev–Trinajstić information content (AvgIpc) is 3.10. The Labute approximate surface area is 167 Å². The van der Waals surface area contributed by atoms with Crippen molar-refractivity contribution in [2.45, 2.75) is 18.5 Å². The molecule has 28 heavy (non-hydrogen) atoms. The van der Waals surface area contributed by atoms with E-state index in [0.717, 1.165) is 38.2 Å². The molecule has 0 spiro atoms. The molecule has 0 aromatic heterocycles. The molecule has 1 aromatic rings. The zero-order valence-electron chi connectivity index (χ0n) is 16.2. The maximum absolute atomic E-state index is 13.4. The summed E-state index contributed by atoms with van der Waals surface area (Å²) in [6.07, 6.45) is 0.733. The van der Waals surface area contributed by atoms with Crippen LogP contribution in [0.2, 0.25) is 0 Å². The van der Waals surface area contributed by atoms with E-state index in [0.29, 0.717) is 32.1 Å². The van der Waals surface area contributed by atoms with Crippen molar-refractivity contribution in [3.8, 4) is 0 Å². The fourth-order valence-corrected chi connectivity index (χ4v) is 6.29. The average molecular weight is 408 g/mol. The zero-order valence-corrected chi connectivity index (χ0v) is 17.0. The molecule has 1 amide bonds. The third-order valence-corrected chi connectivity index (χ3v) is 7.86. The van der Waals surface area contributed by atoms with Gasteiger partial charge in [-0.3, -0.25) is 14.6 Å². The second-order valence-corrected chi connectivity index (χ2v) is 10.1. The molecule has 0 saturated carbocycles. The van der Waals surface area contributed by atoms with Crippen molar-refractivity contribution in [1.82, 2.24) is 14.7 Å². The standard InChI is InChI=1S/C20H29N3O4S/c24-20(23-11-13-27-14-12-23)19(17-4-2-1-3-5-17)22-9-7-21(8-10-22)18-6-15-28(25,26)16-18/h1-5,18-19H,6-16H2. The summed E-state index contributed by atoms with van der Waals surface area (Å²) < 4.78 is 29.0. The third-order valence-electron chi connectivity index (χ3n) is 6.11. The van der Waals surface area contributed by atoms with Crippen molar-refractivity contribution >= 4 is 15.7 Å². The molecule has 7 nitrogen and oxygen atoms in total. The monoisotopic (exact) mass is 407 g/mol. The van der Waals surface area contributed by atoms with Gasteiger partial charge in [-0.25, -0.2) is 8.42 Å². The van der Waals surface area contributed by atoms with Crippen LogP contribution in [-0.4, -0.2) is 99.1 Å². The highest BCUT2D eigenvalue weighted by Crippen LogP contribution is 2.27. The van der Waals surface area contributed by atoms with E-state index < -0.39 is 9.84 Å². The summed E-state index contributed by atoms with van der Waals surface area (Å²) in [4.78, 5) is 19.8.